The second kappa shape index (κ2) is 11.0. The summed E-state index contributed by atoms with van der Waals surface area (Å²) in [5, 5.41) is 12.3. The maximum absolute atomic E-state index is 13.1. The van der Waals surface area contributed by atoms with E-state index in [0.717, 1.165) is 68.9 Å². The summed E-state index contributed by atoms with van der Waals surface area (Å²) in [6.07, 6.45) is 3.96. The largest absolute Gasteiger partial charge is 0.354 e. The van der Waals surface area contributed by atoms with Crippen molar-refractivity contribution in [3.05, 3.63) is 77.9 Å². The van der Waals surface area contributed by atoms with Gasteiger partial charge in [-0.05, 0) is 50.3 Å². The van der Waals surface area contributed by atoms with Crippen molar-refractivity contribution in [3.8, 4) is 11.3 Å². The first-order valence-corrected chi connectivity index (χ1v) is 12.9. The number of carbonyl (C=O) groups is 1. The topological polar surface area (TPSA) is 61.4 Å². The normalized spacial score (nSPS) is 19.5. The summed E-state index contributed by atoms with van der Waals surface area (Å²) in [4.78, 5) is 17.8. The van der Waals surface area contributed by atoms with Crippen molar-refractivity contribution in [2.45, 2.75) is 45.2 Å². The van der Waals surface area contributed by atoms with Crippen molar-refractivity contribution in [1.29, 1.82) is 0 Å². The first-order chi connectivity index (χ1) is 17.1. The van der Waals surface area contributed by atoms with Crippen LogP contribution in [0.3, 0.4) is 0 Å². The molecule has 3 heterocycles. The molecule has 0 aliphatic carbocycles. The Morgan fingerprint density at radius 2 is 1.69 bits per heavy atom. The van der Waals surface area contributed by atoms with E-state index in [-0.39, 0.29) is 17.9 Å². The molecule has 0 unspecified atom stereocenters. The third-order valence-electron chi connectivity index (χ3n) is 7.30. The molecule has 2 aromatic carbocycles. The van der Waals surface area contributed by atoms with Gasteiger partial charge in [0.25, 0.3) is 0 Å². The standard InChI is InChI=1S/C29H35N5O/c1-22-9-11-24(12-10-22)27-13-14-28(32-31-27)34-17-5-8-25(21-34)29(35)30-26-15-18-33(19-16-26)20-23-6-3-2-4-7-23/h2-4,6-7,9-14,25-26H,5,8,15-21H2,1H3,(H,30,35)/t25-/m0/s1. The molecule has 6 heteroatoms. The van der Waals surface area contributed by atoms with E-state index < -0.39 is 0 Å². The second-order valence-corrected chi connectivity index (χ2v) is 9.97. The molecule has 0 saturated carbocycles. The summed E-state index contributed by atoms with van der Waals surface area (Å²) in [7, 11) is 0. The Morgan fingerprint density at radius 3 is 2.40 bits per heavy atom. The molecule has 35 heavy (non-hydrogen) atoms. The Morgan fingerprint density at radius 1 is 0.914 bits per heavy atom. The molecule has 2 fully saturated rings. The molecule has 3 aromatic rings. The average Bonchev–Trinajstić information content (AvgIpc) is 2.91. The summed E-state index contributed by atoms with van der Waals surface area (Å²) < 4.78 is 0. The summed E-state index contributed by atoms with van der Waals surface area (Å²) in [5.74, 6) is 1.05. The molecule has 2 aliphatic rings. The maximum atomic E-state index is 13.1. The van der Waals surface area contributed by atoms with Crippen LogP contribution in [0.15, 0.2) is 66.7 Å². The lowest BCUT2D eigenvalue weighted by Gasteiger charge is -2.35. The van der Waals surface area contributed by atoms with E-state index >= 15 is 0 Å². The van der Waals surface area contributed by atoms with Crippen LogP contribution < -0.4 is 10.2 Å². The number of hydrogen-bond donors (Lipinski definition) is 1. The van der Waals surface area contributed by atoms with Crippen molar-refractivity contribution in [1.82, 2.24) is 20.4 Å². The smallest absolute Gasteiger partial charge is 0.225 e. The number of anilines is 1. The quantitative estimate of drug-likeness (QED) is 0.578. The third-order valence-corrected chi connectivity index (χ3v) is 7.30. The Hall–Kier alpha value is -3.25. The summed E-state index contributed by atoms with van der Waals surface area (Å²) in [6, 6.07) is 23.3. The van der Waals surface area contributed by atoms with E-state index in [2.05, 4.69) is 86.8 Å². The van der Waals surface area contributed by atoms with Gasteiger partial charge in [-0.25, -0.2) is 0 Å². The van der Waals surface area contributed by atoms with Gasteiger partial charge in [-0.2, -0.15) is 0 Å². The van der Waals surface area contributed by atoms with Crippen molar-refractivity contribution >= 4 is 11.7 Å². The Bertz CT molecular complexity index is 1090. The van der Waals surface area contributed by atoms with Crippen LogP contribution in [0, 0.1) is 12.8 Å². The number of nitrogens with one attached hydrogen (secondary N) is 1. The van der Waals surface area contributed by atoms with Gasteiger partial charge in [0.2, 0.25) is 5.91 Å². The van der Waals surface area contributed by atoms with Gasteiger partial charge in [-0.3, -0.25) is 9.69 Å². The highest BCUT2D eigenvalue weighted by atomic mass is 16.2. The Kier molecular flexibility index (Phi) is 7.38. The van der Waals surface area contributed by atoms with Crippen LogP contribution in [0.5, 0.6) is 0 Å². The Labute approximate surface area is 208 Å². The van der Waals surface area contributed by atoms with Gasteiger partial charge in [0.15, 0.2) is 5.82 Å². The predicted octanol–water partition coefficient (Wildman–Crippen LogP) is 4.45. The zero-order valence-electron chi connectivity index (χ0n) is 20.6. The minimum atomic E-state index is 0.00433. The minimum absolute atomic E-state index is 0.00433. The van der Waals surface area contributed by atoms with E-state index in [1.807, 2.05) is 12.1 Å². The molecule has 0 spiro atoms. The van der Waals surface area contributed by atoms with E-state index in [0.29, 0.717) is 6.54 Å². The number of aryl methyl sites for hydroxylation is 1. The van der Waals surface area contributed by atoms with Crippen molar-refractivity contribution < 1.29 is 4.79 Å². The third kappa shape index (κ3) is 6.06. The van der Waals surface area contributed by atoms with Crippen molar-refractivity contribution in [2.75, 3.05) is 31.1 Å². The minimum Gasteiger partial charge on any atom is -0.354 e. The SMILES string of the molecule is Cc1ccc(-c2ccc(N3CCC[C@H](C(=O)NC4CCN(Cc5ccccc5)CC4)C3)nn2)cc1. The van der Waals surface area contributed by atoms with Crippen LogP contribution in [0.2, 0.25) is 0 Å². The number of benzene rings is 2. The molecule has 2 saturated heterocycles. The molecule has 1 amide bonds. The van der Waals surface area contributed by atoms with Crippen LogP contribution in [-0.4, -0.2) is 53.2 Å². The average molecular weight is 470 g/mol. The summed E-state index contributed by atoms with van der Waals surface area (Å²) in [5.41, 5.74) is 4.53. The molecular formula is C29H35N5O. The number of hydrogen-bond acceptors (Lipinski definition) is 5. The van der Waals surface area contributed by atoms with Crippen LogP contribution in [0.1, 0.15) is 36.8 Å². The van der Waals surface area contributed by atoms with Gasteiger partial charge in [0.05, 0.1) is 11.6 Å². The first-order valence-electron chi connectivity index (χ1n) is 12.9. The van der Waals surface area contributed by atoms with E-state index in [9.17, 15) is 4.79 Å². The van der Waals surface area contributed by atoms with Gasteiger partial charge in [0.1, 0.15) is 0 Å². The van der Waals surface area contributed by atoms with Crippen LogP contribution in [-0.2, 0) is 11.3 Å². The molecule has 0 radical (unpaired) electrons. The fourth-order valence-corrected chi connectivity index (χ4v) is 5.17. The number of nitrogens with zero attached hydrogens (tertiary/aromatic N) is 4. The number of aromatic nitrogens is 2. The van der Waals surface area contributed by atoms with E-state index in [1.54, 1.807) is 0 Å². The van der Waals surface area contributed by atoms with Gasteiger partial charge in [-0.1, -0.05) is 60.2 Å². The molecule has 1 aromatic heterocycles. The molecular weight excluding hydrogens is 434 g/mol. The van der Waals surface area contributed by atoms with Gasteiger partial charge in [-0.15, -0.1) is 10.2 Å². The lowest BCUT2D eigenvalue weighted by Crippen LogP contribution is -2.49. The molecule has 182 valence electrons. The van der Waals surface area contributed by atoms with Crippen LogP contribution in [0.4, 0.5) is 5.82 Å². The second-order valence-electron chi connectivity index (χ2n) is 9.97. The highest BCUT2D eigenvalue weighted by Gasteiger charge is 2.29. The Balaban J connectivity index is 1.11. The first kappa shape index (κ1) is 23.5. The molecule has 0 bridgehead atoms. The highest BCUT2D eigenvalue weighted by Crippen LogP contribution is 2.24. The van der Waals surface area contributed by atoms with E-state index in [1.165, 1.54) is 11.1 Å². The monoisotopic (exact) mass is 469 g/mol. The molecule has 2 aliphatic heterocycles. The number of amides is 1. The van der Waals surface area contributed by atoms with Gasteiger partial charge >= 0.3 is 0 Å². The van der Waals surface area contributed by atoms with Crippen molar-refractivity contribution in [2.24, 2.45) is 5.92 Å². The van der Waals surface area contributed by atoms with Crippen LogP contribution in [0.25, 0.3) is 11.3 Å². The molecule has 1 N–H and O–H groups in total. The summed E-state index contributed by atoms with van der Waals surface area (Å²) in [6.45, 7) is 6.75. The number of piperidine rings is 2. The van der Waals surface area contributed by atoms with Gasteiger partial charge < -0.3 is 10.2 Å². The lowest BCUT2D eigenvalue weighted by molar-refractivity contribution is -0.126. The number of carbonyl (C=O) groups excluding carboxylic acids is 1. The maximum Gasteiger partial charge on any atom is 0.225 e. The van der Waals surface area contributed by atoms with E-state index in [4.69, 9.17) is 0 Å². The van der Waals surface area contributed by atoms with Crippen molar-refractivity contribution in [3.63, 3.8) is 0 Å². The van der Waals surface area contributed by atoms with Crippen LogP contribution >= 0.6 is 0 Å². The van der Waals surface area contributed by atoms with Gasteiger partial charge in [0, 0.05) is 44.3 Å². The fraction of sp³-hybridized carbons (Fsp3) is 0.414. The number of rotatable bonds is 6. The zero-order valence-corrected chi connectivity index (χ0v) is 20.6. The zero-order chi connectivity index (χ0) is 24.0. The summed E-state index contributed by atoms with van der Waals surface area (Å²) >= 11 is 0. The predicted molar refractivity (Wildman–Crippen MR) is 140 cm³/mol. The molecule has 1 atom stereocenters. The fourth-order valence-electron chi connectivity index (χ4n) is 5.17. The molecule has 6 nitrogen and oxygen atoms in total. The highest BCUT2D eigenvalue weighted by molar-refractivity contribution is 5.80. The molecule has 5 rings (SSSR count). The number of likely N-dealkylation sites (tertiary alicyclic amines) is 1. The lowest BCUT2D eigenvalue weighted by atomic mass is 9.95.